The molecule has 4 amide bonds. The Hall–Kier alpha value is -3.90. The van der Waals surface area contributed by atoms with E-state index >= 15 is 0 Å². The molecular formula is C33H41F3N6O4. The van der Waals surface area contributed by atoms with Crippen LogP contribution >= 0.6 is 0 Å². The summed E-state index contributed by atoms with van der Waals surface area (Å²) in [5, 5.41) is 15.3. The van der Waals surface area contributed by atoms with E-state index in [0.29, 0.717) is 36.1 Å². The standard InChI is InChI=1S/C33H41F3N6O4/c1-17(2)42-25(12-15-37-42)29(44)41-27(26(19-4-5-19)20-6-7-20)30(45)39-22-9-10-23-21(16-22)8-11-24(23)40-31(46)28(38-18(3)43)32(13-14-32)33(34,35)36/h9-10,12,15-17,19-20,24,26-28H,4-8,11,13-14H2,1-3H3,(H,38,43)(H,39,45)(H,40,46)(H,41,44)/t24-,27+,28?/m1/s1. The SMILES string of the molecule is CC(=O)NC(C(=O)N[C@@H]1CCc2cc(NC(=O)[C@@H](NC(=O)c3ccnn3C(C)C)C(C3CC3)C3CC3)ccc21)C1(C(F)(F)F)CC1. The van der Waals surface area contributed by atoms with Gasteiger partial charge in [0.1, 0.15) is 17.8 Å². The molecule has 13 heteroatoms. The first-order valence-electron chi connectivity index (χ1n) is 16.2. The molecule has 4 aliphatic rings. The minimum absolute atomic E-state index is 0.0264. The van der Waals surface area contributed by atoms with Crippen molar-refractivity contribution >= 4 is 29.3 Å². The third kappa shape index (κ3) is 6.37. The Bertz CT molecular complexity index is 1510. The number of hydrogen-bond acceptors (Lipinski definition) is 5. The van der Waals surface area contributed by atoms with Gasteiger partial charge in [0.25, 0.3) is 5.91 Å². The normalized spacial score (nSPS) is 21.3. The molecule has 1 unspecified atom stereocenters. The van der Waals surface area contributed by atoms with E-state index in [1.54, 1.807) is 29.1 Å². The van der Waals surface area contributed by atoms with Crippen molar-refractivity contribution in [1.29, 1.82) is 0 Å². The second-order valence-corrected chi connectivity index (χ2v) is 13.7. The first-order chi connectivity index (χ1) is 21.8. The van der Waals surface area contributed by atoms with E-state index in [9.17, 15) is 32.3 Å². The number of rotatable bonds is 12. The van der Waals surface area contributed by atoms with Gasteiger partial charge in [-0.1, -0.05) is 6.07 Å². The van der Waals surface area contributed by atoms with Crippen LogP contribution in [0.1, 0.15) is 99.4 Å². The van der Waals surface area contributed by atoms with Crippen LogP contribution in [0.2, 0.25) is 0 Å². The number of halogens is 3. The number of hydrogen-bond donors (Lipinski definition) is 4. The highest BCUT2D eigenvalue weighted by Crippen LogP contribution is 2.60. The van der Waals surface area contributed by atoms with Gasteiger partial charge >= 0.3 is 6.18 Å². The van der Waals surface area contributed by atoms with Crippen molar-refractivity contribution in [2.75, 3.05) is 5.32 Å². The van der Waals surface area contributed by atoms with Crippen molar-refractivity contribution in [2.24, 2.45) is 23.2 Å². The molecule has 3 atom stereocenters. The van der Waals surface area contributed by atoms with Gasteiger partial charge in [-0.25, -0.2) is 0 Å². The van der Waals surface area contributed by atoms with Gasteiger partial charge in [0.15, 0.2) is 0 Å². The number of anilines is 1. The van der Waals surface area contributed by atoms with E-state index in [1.165, 1.54) is 0 Å². The van der Waals surface area contributed by atoms with Crippen molar-refractivity contribution in [3.8, 4) is 0 Å². The number of alkyl halides is 3. The van der Waals surface area contributed by atoms with Crippen LogP contribution < -0.4 is 21.3 Å². The monoisotopic (exact) mass is 642 g/mol. The fourth-order valence-electron chi connectivity index (χ4n) is 7.20. The van der Waals surface area contributed by atoms with E-state index in [2.05, 4.69) is 26.4 Å². The van der Waals surface area contributed by atoms with Gasteiger partial charge in [0.2, 0.25) is 17.7 Å². The Morgan fingerprint density at radius 3 is 2.20 bits per heavy atom. The van der Waals surface area contributed by atoms with Crippen LogP contribution in [0.4, 0.5) is 18.9 Å². The van der Waals surface area contributed by atoms with Gasteiger partial charge in [-0.3, -0.25) is 23.9 Å². The Morgan fingerprint density at radius 2 is 1.63 bits per heavy atom. The summed E-state index contributed by atoms with van der Waals surface area (Å²) in [5.41, 5.74) is 0.297. The van der Waals surface area contributed by atoms with Crippen LogP contribution in [0, 0.1) is 23.2 Å². The summed E-state index contributed by atoms with van der Waals surface area (Å²) in [6.07, 6.45) is 1.66. The Balaban J connectivity index is 1.16. The molecule has 0 bridgehead atoms. The van der Waals surface area contributed by atoms with Crippen molar-refractivity contribution in [1.82, 2.24) is 25.7 Å². The molecule has 4 N–H and O–H groups in total. The lowest BCUT2D eigenvalue weighted by molar-refractivity contribution is -0.197. The van der Waals surface area contributed by atoms with E-state index < -0.39 is 41.5 Å². The van der Waals surface area contributed by atoms with Crippen molar-refractivity contribution in [3.05, 3.63) is 47.3 Å². The highest BCUT2D eigenvalue weighted by atomic mass is 19.4. The number of fused-ring (bicyclic) bond motifs is 1. The zero-order valence-electron chi connectivity index (χ0n) is 26.2. The fraction of sp³-hybridized carbons (Fsp3) is 0.606. The predicted octanol–water partition coefficient (Wildman–Crippen LogP) is 4.59. The first kappa shape index (κ1) is 32.1. The molecule has 46 heavy (non-hydrogen) atoms. The molecule has 1 aromatic heterocycles. The second kappa shape index (κ2) is 12.0. The Kier molecular flexibility index (Phi) is 8.39. The number of aromatic nitrogens is 2. The zero-order valence-corrected chi connectivity index (χ0v) is 26.2. The Labute approximate surface area is 265 Å². The maximum absolute atomic E-state index is 13.9. The molecule has 3 saturated carbocycles. The van der Waals surface area contributed by atoms with Crippen LogP contribution in [-0.2, 0) is 20.8 Å². The molecule has 0 spiro atoms. The summed E-state index contributed by atoms with van der Waals surface area (Å²) >= 11 is 0. The average Bonchev–Trinajstić information content (AvgIpc) is 3.90. The van der Waals surface area contributed by atoms with Crippen molar-refractivity contribution < 1.29 is 32.3 Å². The number of benzene rings is 1. The van der Waals surface area contributed by atoms with Gasteiger partial charge in [0.05, 0.1) is 11.5 Å². The molecule has 1 aromatic carbocycles. The van der Waals surface area contributed by atoms with E-state index in [-0.39, 0.29) is 36.6 Å². The van der Waals surface area contributed by atoms with E-state index in [4.69, 9.17) is 0 Å². The van der Waals surface area contributed by atoms with Gasteiger partial charge < -0.3 is 21.3 Å². The molecule has 10 nitrogen and oxygen atoms in total. The van der Waals surface area contributed by atoms with Crippen molar-refractivity contribution in [3.63, 3.8) is 0 Å². The minimum Gasteiger partial charge on any atom is -0.347 e. The summed E-state index contributed by atoms with van der Waals surface area (Å²) < 4.78 is 43.2. The molecule has 6 rings (SSSR count). The number of carbonyl (C=O) groups excluding carboxylic acids is 4. The minimum atomic E-state index is -4.62. The predicted molar refractivity (Wildman–Crippen MR) is 162 cm³/mol. The lowest BCUT2D eigenvalue weighted by Crippen LogP contribution is -2.56. The first-order valence-corrected chi connectivity index (χ1v) is 16.2. The smallest absolute Gasteiger partial charge is 0.347 e. The summed E-state index contributed by atoms with van der Waals surface area (Å²) in [4.78, 5) is 52.2. The molecule has 0 aliphatic heterocycles. The van der Waals surface area contributed by atoms with Crippen molar-refractivity contribution in [2.45, 2.75) is 102 Å². The molecule has 4 aliphatic carbocycles. The number of nitrogens with one attached hydrogen (secondary N) is 4. The highest BCUT2D eigenvalue weighted by Gasteiger charge is 2.69. The number of carbonyl (C=O) groups is 4. The topological polar surface area (TPSA) is 134 Å². The molecule has 3 fully saturated rings. The van der Waals surface area contributed by atoms with E-state index in [0.717, 1.165) is 43.7 Å². The molecule has 0 radical (unpaired) electrons. The van der Waals surface area contributed by atoms with Gasteiger partial charge in [-0.05, 0) is 112 Å². The third-order valence-electron chi connectivity index (χ3n) is 10.00. The lowest BCUT2D eigenvalue weighted by atomic mass is 9.88. The third-order valence-corrected chi connectivity index (χ3v) is 10.00. The highest BCUT2D eigenvalue weighted by molar-refractivity contribution is 6.01. The largest absolute Gasteiger partial charge is 0.396 e. The molecular weight excluding hydrogens is 601 g/mol. The summed E-state index contributed by atoms with van der Waals surface area (Å²) in [5.74, 6) is -1.39. The van der Waals surface area contributed by atoms with Crippen LogP contribution in [0.5, 0.6) is 0 Å². The molecule has 248 valence electrons. The van der Waals surface area contributed by atoms with Crippen LogP contribution in [0.25, 0.3) is 0 Å². The van der Waals surface area contributed by atoms with Gasteiger partial charge in [-0.2, -0.15) is 18.3 Å². The summed E-state index contributed by atoms with van der Waals surface area (Å²) in [7, 11) is 0. The Morgan fingerprint density at radius 1 is 0.957 bits per heavy atom. The maximum atomic E-state index is 13.9. The van der Waals surface area contributed by atoms with Gasteiger partial charge in [0, 0.05) is 24.8 Å². The quantitative estimate of drug-likeness (QED) is 0.269. The summed E-state index contributed by atoms with van der Waals surface area (Å²) in [6, 6.07) is 3.96. The lowest BCUT2D eigenvalue weighted by Gasteiger charge is -2.30. The maximum Gasteiger partial charge on any atom is 0.396 e. The number of nitrogens with zero attached hydrogens (tertiary/aromatic N) is 2. The average molecular weight is 643 g/mol. The second-order valence-electron chi connectivity index (χ2n) is 13.7. The van der Waals surface area contributed by atoms with Gasteiger partial charge in [-0.15, -0.1) is 0 Å². The van der Waals surface area contributed by atoms with Crippen LogP contribution in [-0.4, -0.2) is 51.7 Å². The zero-order chi connectivity index (χ0) is 33.0. The molecule has 0 saturated heterocycles. The fourth-order valence-corrected chi connectivity index (χ4v) is 7.20. The molecule has 2 aromatic rings. The van der Waals surface area contributed by atoms with Crippen LogP contribution in [0.3, 0.4) is 0 Å². The molecule has 1 heterocycles. The number of amides is 4. The van der Waals surface area contributed by atoms with Crippen LogP contribution in [0.15, 0.2) is 30.5 Å². The summed E-state index contributed by atoms with van der Waals surface area (Å²) in [6.45, 7) is 4.96. The number of aryl methyl sites for hydroxylation is 1. The van der Waals surface area contributed by atoms with E-state index in [1.807, 2.05) is 19.9 Å².